The quantitative estimate of drug-likeness (QED) is 0.631. The van der Waals surface area contributed by atoms with E-state index >= 15 is 0 Å². The molecule has 9 nitrogen and oxygen atoms in total. The summed E-state index contributed by atoms with van der Waals surface area (Å²) < 4.78 is 5.40. The van der Waals surface area contributed by atoms with Gasteiger partial charge in [0.15, 0.2) is 0 Å². The van der Waals surface area contributed by atoms with Gasteiger partial charge in [-0.1, -0.05) is 44.2 Å². The Bertz CT molecular complexity index is 828. The molecule has 1 aromatic carbocycles. The summed E-state index contributed by atoms with van der Waals surface area (Å²) in [4.78, 5) is 52.1. The van der Waals surface area contributed by atoms with Gasteiger partial charge in [-0.15, -0.1) is 0 Å². The van der Waals surface area contributed by atoms with E-state index in [0.29, 0.717) is 19.4 Å². The summed E-state index contributed by atoms with van der Waals surface area (Å²) in [5.74, 6) is -1.50. The van der Waals surface area contributed by atoms with Gasteiger partial charge in [0.05, 0.1) is 13.1 Å². The minimum Gasteiger partial charge on any atom is -0.445 e. The normalized spacial score (nSPS) is 21.5. The van der Waals surface area contributed by atoms with Crippen LogP contribution in [0.2, 0.25) is 0 Å². The van der Waals surface area contributed by atoms with E-state index in [-0.39, 0.29) is 31.5 Å². The summed E-state index contributed by atoms with van der Waals surface area (Å²) in [6.45, 7) is 4.22. The number of benzene rings is 1. The smallest absolute Gasteiger partial charge is 0.411 e. The molecule has 2 aliphatic rings. The van der Waals surface area contributed by atoms with Gasteiger partial charge in [0.2, 0.25) is 11.8 Å². The van der Waals surface area contributed by atoms with Crippen LogP contribution >= 0.6 is 0 Å². The van der Waals surface area contributed by atoms with Crippen LogP contribution in [0.15, 0.2) is 30.3 Å². The van der Waals surface area contributed by atoms with Crippen LogP contribution in [0.1, 0.15) is 32.3 Å². The Labute approximate surface area is 175 Å². The van der Waals surface area contributed by atoms with Gasteiger partial charge in [-0.2, -0.15) is 0 Å². The Hall–Kier alpha value is -3.10. The summed E-state index contributed by atoms with van der Waals surface area (Å²) in [6.07, 6.45) is 0.714. The monoisotopic (exact) mass is 416 g/mol. The van der Waals surface area contributed by atoms with Gasteiger partial charge in [-0.05, 0) is 24.3 Å². The van der Waals surface area contributed by atoms with Gasteiger partial charge in [-0.25, -0.2) is 4.79 Å². The van der Waals surface area contributed by atoms with Crippen LogP contribution in [0.5, 0.6) is 0 Å². The number of carbonyl (C=O) groups is 4. The maximum atomic E-state index is 12.9. The summed E-state index contributed by atoms with van der Waals surface area (Å²) in [6, 6.07) is 8.53. The molecular formula is C21H28N4O5. The molecule has 9 heteroatoms. The fourth-order valence-electron chi connectivity index (χ4n) is 4.07. The first-order valence-electron chi connectivity index (χ1n) is 10.1. The molecule has 2 heterocycles. The van der Waals surface area contributed by atoms with Gasteiger partial charge >= 0.3 is 6.09 Å². The average molecular weight is 416 g/mol. The van der Waals surface area contributed by atoms with E-state index in [1.165, 1.54) is 9.80 Å². The molecule has 162 valence electrons. The maximum Gasteiger partial charge on any atom is 0.411 e. The highest BCUT2D eigenvalue weighted by molar-refractivity contribution is 5.99. The van der Waals surface area contributed by atoms with E-state index in [1.54, 1.807) is 13.8 Å². The molecule has 1 unspecified atom stereocenters. The first-order valence-corrected chi connectivity index (χ1v) is 10.1. The van der Waals surface area contributed by atoms with E-state index in [1.807, 2.05) is 30.3 Å². The molecule has 2 atom stereocenters. The molecule has 2 fully saturated rings. The second kappa shape index (κ2) is 8.73. The third-order valence-corrected chi connectivity index (χ3v) is 5.68. The van der Waals surface area contributed by atoms with Crippen molar-refractivity contribution in [2.24, 2.45) is 11.7 Å². The molecule has 0 bridgehead atoms. The predicted molar refractivity (Wildman–Crippen MR) is 108 cm³/mol. The molecule has 4 amide bonds. The second-order valence-electron chi connectivity index (χ2n) is 8.18. The lowest BCUT2D eigenvalue weighted by atomic mass is 9.85. The van der Waals surface area contributed by atoms with Crippen molar-refractivity contribution in [1.82, 2.24) is 15.1 Å². The Morgan fingerprint density at radius 3 is 2.53 bits per heavy atom. The summed E-state index contributed by atoms with van der Waals surface area (Å²) >= 11 is 0. The van der Waals surface area contributed by atoms with Crippen molar-refractivity contribution in [3.8, 4) is 0 Å². The number of likely N-dealkylation sites (tertiary alicyclic amines) is 2. The van der Waals surface area contributed by atoms with Crippen LogP contribution in [0, 0.1) is 5.92 Å². The van der Waals surface area contributed by atoms with E-state index < -0.39 is 29.5 Å². The van der Waals surface area contributed by atoms with Crippen LogP contribution in [-0.4, -0.2) is 64.8 Å². The fraction of sp³-hybridized carbons (Fsp3) is 0.524. The SMILES string of the molecule is CC(C)[C@H](NC(=O)CN1CC2(CCCN2C(=O)OCc2ccccc2)C1=O)C(N)=O. The molecule has 0 radical (unpaired) electrons. The lowest BCUT2D eigenvalue weighted by Crippen LogP contribution is -2.73. The average Bonchev–Trinajstić information content (AvgIpc) is 3.17. The van der Waals surface area contributed by atoms with Crippen molar-refractivity contribution < 1.29 is 23.9 Å². The van der Waals surface area contributed by atoms with Gasteiger partial charge in [-0.3, -0.25) is 19.3 Å². The zero-order valence-corrected chi connectivity index (χ0v) is 17.3. The molecule has 0 aromatic heterocycles. The van der Waals surface area contributed by atoms with Crippen molar-refractivity contribution in [3.05, 3.63) is 35.9 Å². The largest absolute Gasteiger partial charge is 0.445 e. The standard InChI is InChI=1S/C21H28N4O5/c1-14(2)17(18(22)27)23-16(26)11-24-13-21(19(24)28)9-6-10-25(21)20(29)30-12-15-7-4-3-5-8-15/h3-5,7-8,14,17H,6,9-13H2,1-2H3,(H2,22,27)(H,23,26)/t17-,21?/m0/s1. The number of amides is 4. The number of nitrogens with one attached hydrogen (secondary N) is 1. The maximum absolute atomic E-state index is 12.9. The van der Waals surface area contributed by atoms with Crippen molar-refractivity contribution in [2.75, 3.05) is 19.6 Å². The Kier molecular flexibility index (Phi) is 6.28. The predicted octanol–water partition coefficient (Wildman–Crippen LogP) is 0.626. The zero-order chi connectivity index (χ0) is 21.9. The minimum atomic E-state index is -0.935. The number of rotatable bonds is 7. The van der Waals surface area contributed by atoms with Crippen LogP contribution in [0.25, 0.3) is 0 Å². The third kappa shape index (κ3) is 4.24. The Morgan fingerprint density at radius 2 is 1.93 bits per heavy atom. The topological polar surface area (TPSA) is 122 Å². The molecule has 3 N–H and O–H groups in total. The second-order valence-corrected chi connectivity index (χ2v) is 8.18. The van der Waals surface area contributed by atoms with Gasteiger partial charge < -0.3 is 20.7 Å². The molecule has 2 aliphatic heterocycles. The highest BCUT2D eigenvalue weighted by Crippen LogP contribution is 2.39. The van der Waals surface area contributed by atoms with Crippen LogP contribution in [0.3, 0.4) is 0 Å². The van der Waals surface area contributed by atoms with Gasteiger partial charge in [0, 0.05) is 6.54 Å². The van der Waals surface area contributed by atoms with Crippen molar-refractivity contribution in [3.63, 3.8) is 0 Å². The highest BCUT2D eigenvalue weighted by Gasteiger charge is 2.60. The van der Waals surface area contributed by atoms with Crippen molar-refractivity contribution in [1.29, 1.82) is 0 Å². The van der Waals surface area contributed by atoms with Crippen LogP contribution in [0.4, 0.5) is 4.79 Å². The lowest BCUT2D eigenvalue weighted by molar-refractivity contribution is -0.162. The minimum absolute atomic E-state index is 0.135. The Morgan fingerprint density at radius 1 is 1.23 bits per heavy atom. The molecule has 0 saturated carbocycles. The van der Waals surface area contributed by atoms with E-state index in [9.17, 15) is 19.2 Å². The number of nitrogens with two attached hydrogens (primary N) is 1. The van der Waals surface area contributed by atoms with E-state index in [4.69, 9.17) is 10.5 Å². The summed E-state index contributed by atoms with van der Waals surface area (Å²) in [5.41, 5.74) is 5.25. The van der Waals surface area contributed by atoms with Crippen molar-refractivity contribution in [2.45, 2.75) is 44.9 Å². The van der Waals surface area contributed by atoms with E-state index in [2.05, 4.69) is 5.32 Å². The molecule has 2 saturated heterocycles. The molecule has 30 heavy (non-hydrogen) atoms. The first-order chi connectivity index (χ1) is 14.2. The van der Waals surface area contributed by atoms with Gasteiger partial charge in [0.1, 0.15) is 18.2 Å². The number of nitrogens with zero attached hydrogens (tertiary/aromatic N) is 2. The number of carbonyl (C=O) groups excluding carboxylic acids is 4. The number of β-lactam (4-membered cyclic amide) rings is 1. The molecule has 0 aliphatic carbocycles. The molecular weight excluding hydrogens is 388 g/mol. The lowest BCUT2D eigenvalue weighted by Gasteiger charge is -2.50. The fourth-order valence-corrected chi connectivity index (χ4v) is 4.07. The summed E-state index contributed by atoms with van der Waals surface area (Å²) in [5, 5.41) is 2.57. The molecule has 3 rings (SSSR count). The third-order valence-electron chi connectivity index (χ3n) is 5.68. The van der Waals surface area contributed by atoms with Gasteiger partial charge in [0.25, 0.3) is 5.91 Å². The zero-order valence-electron chi connectivity index (χ0n) is 17.3. The van der Waals surface area contributed by atoms with Crippen LogP contribution < -0.4 is 11.1 Å². The number of hydrogen-bond acceptors (Lipinski definition) is 5. The number of ether oxygens (including phenoxy) is 1. The molecule has 1 spiro atoms. The molecule has 1 aromatic rings. The van der Waals surface area contributed by atoms with Crippen molar-refractivity contribution >= 4 is 23.8 Å². The highest BCUT2D eigenvalue weighted by atomic mass is 16.6. The van der Waals surface area contributed by atoms with E-state index in [0.717, 1.165) is 5.56 Å². The first kappa shape index (κ1) is 21.6. The number of hydrogen-bond donors (Lipinski definition) is 2. The number of primary amides is 1. The van der Waals surface area contributed by atoms with Crippen LogP contribution in [-0.2, 0) is 25.7 Å². The Balaban J connectivity index is 1.56. The summed E-state index contributed by atoms with van der Waals surface area (Å²) in [7, 11) is 0.